The van der Waals surface area contributed by atoms with Crippen LogP contribution in [0.15, 0.2) is 52.1 Å². The number of benzene rings is 1. The standard InChI is InChI=1S/C16H19NO4S2/c1-12(2)15(16(18)19)17(11-13-7-4-3-5-8-13)23(20,21)14-9-6-10-22-14/h3-10,12,15H,11H2,1-2H3,(H,18,19)/t15-/m0/s1. The largest absolute Gasteiger partial charge is 0.480 e. The maximum atomic E-state index is 12.9. The maximum Gasteiger partial charge on any atom is 0.322 e. The quantitative estimate of drug-likeness (QED) is 0.830. The number of aliphatic carboxylic acids is 1. The number of hydrogen-bond donors (Lipinski definition) is 1. The van der Waals surface area contributed by atoms with Crippen LogP contribution >= 0.6 is 11.3 Å². The van der Waals surface area contributed by atoms with Gasteiger partial charge in [-0.25, -0.2) is 8.42 Å². The molecule has 0 bridgehead atoms. The molecule has 0 aliphatic heterocycles. The van der Waals surface area contributed by atoms with Crippen LogP contribution in [-0.2, 0) is 21.4 Å². The normalized spacial score (nSPS) is 13.4. The third-order valence-corrected chi connectivity index (χ3v) is 6.63. The van der Waals surface area contributed by atoms with Crippen molar-refractivity contribution in [2.75, 3.05) is 0 Å². The van der Waals surface area contributed by atoms with E-state index in [2.05, 4.69) is 0 Å². The van der Waals surface area contributed by atoms with Gasteiger partial charge in [0.25, 0.3) is 10.0 Å². The minimum Gasteiger partial charge on any atom is -0.480 e. The second-order valence-electron chi connectivity index (χ2n) is 5.50. The van der Waals surface area contributed by atoms with Crippen molar-refractivity contribution in [3.8, 4) is 0 Å². The van der Waals surface area contributed by atoms with E-state index in [0.29, 0.717) is 0 Å². The van der Waals surface area contributed by atoms with Crippen molar-refractivity contribution >= 4 is 27.3 Å². The Morgan fingerprint density at radius 3 is 2.30 bits per heavy atom. The minimum absolute atomic E-state index is 0.0240. The van der Waals surface area contributed by atoms with Gasteiger partial charge in [0, 0.05) is 6.54 Å². The Hall–Kier alpha value is -1.70. The van der Waals surface area contributed by atoms with E-state index < -0.39 is 22.0 Å². The number of carboxylic acid groups (broad SMARTS) is 1. The number of thiophene rings is 1. The van der Waals surface area contributed by atoms with Crippen molar-refractivity contribution < 1.29 is 18.3 Å². The summed E-state index contributed by atoms with van der Waals surface area (Å²) in [5.74, 6) is -1.50. The monoisotopic (exact) mass is 353 g/mol. The van der Waals surface area contributed by atoms with Crippen molar-refractivity contribution in [3.63, 3.8) is 0 Å². The topological polar surface area (TPSA) is 74.7 Å². The molecule has 0 saturated heterocycles. The molecule has 2 aromatic rings. The molecular weight excluding hydrogens is 334 g/mol. The average molecular weight is 353 g/mol. The highest BCUT2D eigenvalue weighted by Gasteiger charge is 2.38. The molecule has 0 amide bonds. The zero-order chi connectivity index (χ0) is 17.0. The van der Waals surface area contributed by atoms with Gasteiger partial charge in [0.05, 0.1) is 0 Å². The lowest BCUT2D eigenvalue weighted by molar-refractivity contribution is -0.143. The van der Waals surface area contributed by atoms with E-state index in [4.69, 9.17) is 0 Å². The third kappa shape index (κ3) is 3.99. The molecule has 1 aromatic heterocycles. The molecule has 1 aromatic carbocycles. The lowest BCUT2D eigenvalue weighted by atomic mass is 10.0. The maximum absolute atomic E-state index is 12.9. The van der Waals surface area contributed by atoms with Crippen LogP contribution in [0.4, 0.5) is 0 Å². The second kappa shape index (κ2) is 7.25. The van der Waals surface area contributed by atoms with Crippen LogP contribution in [0.1, 0.15) is 19.4 Å². The minimum atomic E-state index is -3.87. The number of rotatable bonds is 7. The summed E-state index contributed by atoms with van der Waals surface area (Å²) in [7, 11) is -3.87. The molecule has 7 heteroatoms. The number of sulfonamides is 1. The van der Waals surface area contributed by atoms with Gasteiger partial charge in [-0.15, -0.1) is 11.3 Å². The van der Waals surface area contributed by atoms with Crippen LogP contribution in [0.25, 0.3) is 0 Å². The Morgan fingerprint density at radius 2 is 1.83 bits per heavy atom. The van der Waals surface area contributed by atoms with Gasteiger partial charge in [0.15, 0.2) is 0 Å². The van der Waals surface area contributed by atoms with E-state index in [-0.39, 0.29) is 16.7 Å². The van der Waals surface area contributed by atoms with Crippen LogP contribution in [0.3, 0.4) is 0 Å². The SMILES string of the molecule is CC(C)[C@@H](C(=O)O)N(Cc1ccccc1)S(=O)(=O)c1cccs1. The molecule has 23 heavy (non-hydrogen) atoms. The van der Waals surface area contributed by atoms with Crippen LogP contribution in [0.2, 0.25) is 0 Å². The van der Waals surface area contributed by atoms with Crippen LogP contribution in [0, 0.1) is 5.92 Å². The molecule has 0 spiro atoms. The number of hydrogen-bond acceptors (Lipinski definition) is 4. The van der Waals surface area contributed by atoms with Crippen molar-refractivity contribution in [3.05, 3.63) is 53.4 Å². The summed E-state index contributed by atoms with van der Waals surface area (Å²) in [5, 5.41) is 11.2. The smallest absolute Gasteiger partial charge is 0.322 e. The van der Waals surface area contributed by atoms with E-state index in [1.54, 1.807) is 49.6 Å². The summed E-state index contributed by atoms with van der Waals surface area (Å²) in [6.07, 6.45) is 0. The first-order valence-corrected chi connectivity index (χ1v) is 9.48. The van der Waals surface area contributed by atoms with E-state index in [0.717, 1.165) is 21.2 Å². The van der Waals surface area contributed by atoms with Crippen molar-refractivity contribution in [2.45, 2.75) is 30.6 Å². The first kappa shape index (κ1) is 17.7. The van der Waals surface area contributed by atoms with Crippen molar-refractivity contribution in [1.29, 1.82) is 0 Å². The summed E-state index contributed by atoms with van der Waals surface area (Å²) < 4.78 is 27.1. The molecule has 0 saturated carbocycles. The van der Waals surface area contributed by atoms with E-state index in [1.165, 1.54) is 6.07 Å². The third-order valence-electron chi connectivity index (χ3n) is 3.43. The first-order chi connectivity index (χ1) is 10.8. The Kier molecular flexibility index (Phi) is 5.56. The molecule has 0 aliphatic carbocycles. The van der Waals surface area contributed by atoms with Crippen molar-refractivity contribution in [2.24, 2.45) is 5.92 Å². The zero-order valence-electron chi connectivity index (χ0n) is 12.9. The Bertz CT molecular complexity index is 740. The summed E-state index contributed by atoms with van der Waals surface area (Å²) in [6.45, 7) is 3.44. The van der Waals surface area contributed by atoms with E-state index in [9.17, 15) is 18.3 Å². The number of nitrogens with zero attached hydrogens (tertiary/aromatic N) is 1. The Balaban J connectivity index is 2.49. The van der Waals surface area contributed by atoms with Crippen molar-refractivity contribution in [1.82, 2.24) is 4.31 Å². The van der Waals surface area contributed by atoms with Gasteiger partial charge in [-0.1, -0.05) is 50.2 Å². The van der Waals surface area contributed by atoms with Crippen LogP contribution in [0.5, 0.6) is 0 Å². The van der Waals surface area contributed by atoms with Crippen LogP contribution in [-0.4, -0.2) is 29.8 Å². The Morgan fingerprint density at radius 1 is 1.17 bits per heavy atom. The lowest BCUT2D eigenvalue weighted by Crippen LogP contribution is -2.47. The van der Waals surface area contributed by atoms with Gasteiger partial charge in [-0.2, -0.15) is 4.31 Å². The summed E-state index contributed by atoms with van der Waals surface area (Å²) in [5.41, 5.74) is 0.750. The summed E-state index contributed by atoms with van der Waals surface area (Å²) >= 11 is 1.09. The molecular formula is C16H19NO4S2. The second-order valence-corrected chi connectivity index (χ2v) is 8.56. The number of carboxylic acids is 1. The molecule has 1 heterocycles. The van der Waals surface area contributed by atoms with Gasteiger partial charge in [0.1, 0.15) is 10.3 Å². The fourth-order valence-corrected chi connectivity index (χ4v) is 5.18. The molecule has 1 atom stereocenters. The zero-order valence-corrected chi connectivity index (χ0v) is 14.5. The van der Waals surface area contributed by atoms with E-state index in [1.807, 2.05) is 6.07 Å². The van der Waals surface area contributed by atoms with Gasteiger partial charge in [-0.05, 0) is 22.9 Å². The molecule has 0 aliphatic rings. The Labute approximate surface area is 140 Å². The molecule has 1 N–H and O–H groups in total. The molecule has 2 rings (SSSR count). The highest BCUT2D eigenvalue weighted by atomic mass is 32.2. The molecule has 124 valence electrons. The summed E-state index contributed by atoms with van der Waals surface area (Å²) in [6, 6.07) is 11.0. The fraction of sp³-hybridized carbons (Fsp3) is 0.312. The van der Waals surface area contributed by atoms with Gasteiger partial charge in [-0.3, -0.25) is 4.79 Å². The van der Waals surface area contributed by atoms with Gasteiger partial charge < -0.3 is 5.11 Å². The first-order valence-electron chi connectivity index (χ1n) is 7.16. The molecule has 0 radical (unpaired) electrons. The van der Waals surface area contributed by atoms with E-state index >= 15 is 0 Å². The van der Waals surface area contributed by atoms with Gasteiger partial charge >= 0.3 is 5.97 Å². The summed E-state index contributed by atoms with van der Waals surface area (Å²) in [4.78, 5) is 11.7. The average Bonchev–Trinajstić information content (AvgIpc) is 3.01. The van der Waals surface area contributed by atoms with Crippen LogP contribution < -0.4 is 0 Å². The highest BCUT2D eigenvalue weighted by molar-refractivity contribution is 7.91. The lowest BCUT2D eigenvalue weighted by Gasteiger charge is -2.30. The highest BCUT2D eigenvalue weighted by Crippen LogP contribution is 2.27. The molecule has 0 fully saturated rings. The fourth-order valence-electron chi connectivity index (χ4n) is 2.36. The number of carbonyl (C=O) groups is 1. The molecule has 5 nitrogen and oxygen atoms in total. The van der Waals surface area contributed by atoms with Gasteiger partial charge in [0.2, 0.25) is 0 Å². The predicted molar refractivity (Wildman–Crippen MR) is 89.8 cm³/mol. The molecule has 0 unspecified atom stereocenters. The predicted octanol–water partition coefficient (Wildman–Crippen LogP) is 3.05.